The van der Waals surface area contributed by atoms with Crippen molar-refractivity contribution in [2.24, 2.45) is 5.73 Å². The zero-order chi connectivity index (χ0) is 24.9. The third kappa shape index (κ3) is 5.33. The fraction of sp³-hybridized carbons (Fsp3) is 0.280. The molecule has 182 valence electrons. The van der Waals surface area contributed by atoms with E-state index in [9.17, 15) is 9.59 Å². The number of piperazine rings is 1. The van der Waals surface area contributed by atoms with Gasteiger partial charge in [0.15, 0.2) is 10.8 Å². The number of nitrogens with zero attached hydrogens (tertiary/aromatic N) is 4. The van der Waals surface area contributed by atoms with Gasteiger partial charge in [0.2, 0.25) is 0 Å². The van der Waals surface area contributed by atoms with Crippen molar-refractivity contribution in [2.45, 2.75) is 13.0 Å². The Kier molecular flexibility index (Phi) is 7.42. The van der Waals surface area contributed by atoms with Crippen molar-refractivity contribution >= 4 is 29.1 Å². The number of benzene rings is 2. The number of hydrazine groups is 1. The van der Waals surface area contributed by atoms with Gasteiger partial charge in [-0.1, -0.05) is 65.8 Å². The fourth-order valence-corrected chi connectivity index (χ4v) is 4.31. The van der Waals surface area contributed by atoms with E-state index in [-0.39, 0.29) is 34.1 Å². The van der Waals surface area contributed by atoms with Gasteiger partial charge in [-0.2, -0.15) is 0 Å². The van der Waals surface area contributed by atoms with Gasteiger partial charge in [-0.05, 0) is 30.3 Å². The summed E-state index contributed by atoms with van der Waals surface area (Å²) >= 11 is 4.85. The molecule has 10 heteroatoms. The predicted molar refractivity (Wildman–Crippen MR) is 135 cm³/mol. The molecule has 1 aliphatic rings. The van der Waals surface area contributed by atoms with Crippen molar-refractivity contribution < 1.29 is 14.1 Å². The number of nitrogens with two attached hydrogens (primary N) is 1. The standard InChI is InChI=1S/C25H28N6O3S/c1-17-20(21(28-34-17)23(32)27-29(2)25(26)35)24(33)31-15-13-30(14-16-31)22(18-9-5-3-6-10-18)19-11-7-4-8-12-19/h3-12,22H,13-16H2,1-2H3,(H2,26,35)(H,27,32). The molecule has 3 N–H and O–H groups in total. The molecule has 35 heavy (non-hydrogen) atoms. The zero-order valence-electron chi connectivity index (χ0n) is 19.7. The summed E-state index contributed by atoms with van der Waals surface area (Å²) in [4.78, 5) is 30.2. The Morgan fingerprint density at radius 1 is 1.03 bits per heavy atom. The first-order chi connectivity index (χ1) is 16.9. The van der Waals surface area contributed by atoms with Crippen LogP contribution in [0, 0.1) is 6.92 Å². The second-order valence-electron chi connectivity index (χ2n) is 8.35. The molecule has 4 rings (SSSR count). The van der Waals surface area contributed by atoms with Crippen molar-refractivity contribution in [1.29, 1.82) is 0 Å². The fourth-order valence-electron chi connectivity index (χ4n) is 4.27. The highest BCUT2D eigenvalue weighted by Gasteiger charge is 2.33. The van der Waals surface area contributed by atoms with Crippen LogP contribution in [-0.2, 0) is 0 Å². The molecule has 0 atom stereocenters. The van der Waals surface area contributed by atoms with E-state index in [0.29, 0.717) is 26.2 Å². The van der Waals surface area contributed by atoms with Gasteiger partial charge in [0, 0.05) is 33.2 Å². The van der Waals surface area contributed by atoms with E-state index in [1.54, 1.807) is 11.8 Å². The Hall–Kier alpha value is -3.76. The minimum absolute atomic E-state index is 0.0195. The van der Waals surface area contributed by atoms with Gasteiger partial charge in [0.1, 0.15) is 11.3 Å². The van der Waals surface area contributed by atoms with Gasteiger partial charge >= 0.3 is 0 Å². The van der Waals surface area contributed by atoms with Crippen LogP contribution in [0.1, 0.15) is 43.8 Å². The number of rotatable bonds is 5. The molecule has 1 saturated heterocycles. The Bertz CT molecular complexity index is 1150. The molecule has 0 aliphatic carbocycles. The Morgan fingerprint density at radius 2 is 1.57 bits per heavy atom. The summed E-state index contributed by atoms with van der Waals surface area (Å²) in [6.45, 7) is 3.98. The summed E-state index contributed by atoms with van der Waals surface area (Å²) in [7, 11) is 1.50. The molecule has 2 aromatic carbocycles. The quantitative estimate of drug-likeness (QED) is 0.413. The number of nitrogens with one attached hydrogen (secondary N) is 1. The number of aryl methyl sites for hydroxylation is 1. The number of carbonyl (C=O) groups is 2. The summed E-state index contributed by atoms with van der Waals surface area (Å²) in [5.41, 5.74) is 10.5. The van der Waals surface area contributed by atoms with Crippen LogP contribution in [0.5, 0.6) is 0 Å². The lowest BCUT2D eigenvalue weighted by Crippen LogP contribution is -2.50. The number of amides is 2. The van der Waals surface area contributed by atoms with Gasteiger partial charge in [-0.3, -0.25) is 24.9 Å². The summed E-state index contributed by atoms with van der Waals surface area (Å²) in [5, 5.41) is 4.97. The van der Waals surface area contributed by atoms with E-state index in [2.05, 4.69) is 39.7 Å². The van der Waals surface area contributed by atoms with Crippen LogP contribution in [0.15, 0.2) is 65.2 Å². The first-order valence-corrected chi connectivity index (χ1v) is 11.7. The lowest BCUT2D eigenvalue weighted by molar-refractivity contribution is 0.0591. The van der Waals surface area contributed by atoms with Crippen LogP contribution >= 0.6 is 12.2 Å². The first-order valence-electron chi connectivity index (χ1n) is 11.3. The van der Waals surface area contributed by atoms with Crippen LogP contribution in [-0.4, -0.2) is 70.1 Å². The molecular formula is C25H28N6O3S. The SMILES string of the molecule is Cc1onc(C(=O)NN(C)C(N)=S)c1C(=O)N1CCN(C(c2ccccc2)c2ccccc2)CC1. The predicted octanol–water partition coefficient (Wildman–Crippen LogP) is 2.35. The van der Waals surface area contributed by atoms with Crippen LogP contribution in [0.4, 0.5) is 0 Å². The maximum atomic E-state index is 13.4. The smallest absolute Gasteiger partial charge is 0.292 e. The molecule has 0 radical (unpaired) electrons. The lowest BCUT2D eigenvalue weighted by Gasteiger charge is -2.39. The van der Waals surface area contributed by atoms with E-state index >= 15 is 0 Å². The molecule has 9 nitrogen and oxygen atoms in total. The van der Waals surface area contributed by atoms with Crippen molar-refractivity contribution in [2.75, 3.05) is 33.2 Å². The summed E-state index contributed by atoms with van der Waals surface area (Å²) < 4.78 is 5.19. The highest BCUT2D eigenvalue weighted by molar-refractivity contribution is 7.80. The van der Waals surface area contributed by atoms with Gasteiger partial charge in [0.05, 0.1) is 6.04 Å². The third-order valence-corrected chi connectivity index (χ3v) is 6.36. The Morgan fingerprint density at radius 3 is 2.09 bits per heavy atom. The van der Waals surface area contributed by atoms with Crippen molar-refractivity contribution in [3.8, 4) is 0 Å². The lowest BCUT2D eigenvalue weighted by atomic mass is 9.96. The molecule has 0 unspecified atom stereocenters. The van der Waals surface area contributed by atoms with Gasteiger partial charge in [-0.25, -0.2) is 0 Å². The highest BCUT2D eigenvalue weighted by Crippen LogP contribution is 2.30. The summed E-state index contributed by atoms with van der Waals surface area (Å²) in [6.07, 6.45) is 0. The first kappa shape index (κ1) is 24.4. The molecule has 0 bridgehead atoms. The molecule has 1 aliphatic heterocycles. The largest absolute Gasteiger partial charge is 0.375 e. The number of carbonyl (C=O) groups excluding carboxylic acids is 2. The van der Waals surface area contributed by atoms with Gasteiger partial charge in [0.25, 0.3) is 11.8 Å². The number of thiocarbonyl (C=S) groups is 1. The van der Waals surface area contributed by atoms with Gasteiger partial charge in [-0.15, -0.1) is 0 Å². The molecule has 2 amide bonds. The normalized spacial score (nSPS) is 14.1. The molecule has 1 aromatic heterocycles. The average molecular weight is 493 g/mol. The van der Waals surface area contributed by atoms with E-state index < -0.39 is 5.91 Å². The summed E-state index contributed by atoms with van der Waals surface area (Å²) in [5.74, 6) is -0.623. The number of hydrogen-bond acceptors (Lipinski definition) is 6. The Labute approximate surface area is 209 Å². The Balaban J connectivity index is 1.50. The second-order valence-corrected chi connectivity index (χ2v) is 8.77. The molecule has 2 heterocycles. The van der Waals surface area contributed by atoms with Crippen molar-refractivity contribution in [3.05, 3.63) is 88.8 Å². The number of hydrogen-bond donors (Lipinski definition) is 2. The monoisotopic (exact) mass is 492 g/mol. The van der Waals surface area contributed by atoms with E-state index in [1.165, 1.54) is 23.2 Å². The van der Waals surface area contributed by atoms with Crippen LogP contribution in [0.25, 0.3) is 0 Å². The minimum atomic E-state index is -0.618. The highest BCUT2D eigenvalue weighted by atomic mass is 32.1. The van der Waals surface area contributed by atoms with E-state index in [0.717, 1.165) is 0 Å². The summed E-state index contributed by atoms with van der Waals surface area (Å²) in [6, 6.07) is 20.8. The zero-order valence-corrected chi connectivity index (χ0v) is 20.5. The van der Waals surface area contributed by atoms with Crippen molar-refractivity contribution in [1.82, 2.24) is 25.4 Å². The molecule has 1 fully saturated rings. The number of aromatic nitrogens is 1. The van der Waals surface area contributed by atoms with Crippen LogP contribution in [0.3, 0.4) is 0 Å². The third-order valence-electron chi connectivity index (χ3n) is 6.09. The maximum absolute atomic E-state index is 13.4. The maximum Gasteiger partial charge on any atom is 0.292 e. The minimum Gasteiger partial charge on any atom is -0.375 e. The van der Waals surface area contributed by atoms with Crippen LogP contribution in [0.2, 0.25) is 0 Å². The average Bonchev–Trinajstić information content (AvgIpc) is 3.27. The second kappa shape index (κ2) is 10.7. The molecule has 3 aromatic rings. The molecular weight excluding hydrogens is 464 g/mol. The van der Waals surface area contributed by atoms with Gasteiger partial charge < -0.3 is 15.2 Å². The van der Waals surface area contributed by atoms with Crippen LogP contribution < -0.4 is 11.2 Å². The van der Waals surface area contributed by atoms with E-state index in [4.69, 9.17) is 22.5 Å². The van der Waals surface area contributed by atoms with Crippen molar-refractivity contribution in [3.63, 3.8) is 0 Å². The van der Waals surface area contributed by atoms with E-state index in [1.807, 2.05) is 36.4 Å². The molecule has 0 saturated carbocycles. The topological polar surface area (TPSA) is 108 Å². The molecule has 0 spiro atoms.